The number of carbonyl (C=O) groups is 1. The number of H-pyrrole nitrogens is 1. The van der Waals surface area contributed by atoms with Crippen LogP contribution in [0.3, 0.4) is 0 Å². The zero-order chi connectivity index (χ0) is 12.7. The van der Waals surface area contributed by atoms with Gasteiger partial charge < -0.3 is 20.8 Å². The van der Waals surface area contributed by atoms with E-state index in [-0.39, 0.29) is 11.9 Å². The molecule has 0 aliphatic carbocycles. The molecule has 94 valence electrons. The molecule has 1 saturated heterocycles. The third-order valence-electron chi connectivity index (χ3n) is 2.93. The minimum absolute atomic E-state index is 0.0101. The van der Waals surface area contributed by atoms with Crippen LogP contribution in [-0.4, -0.2) is 23.5 Å². The van der Waals surface area contributed by atoms with Crippen LogP contribution in [0.5, 0.6) is 0 Å². The lowest BCUT2D eigenvalue weighted by molar-refractivity contribution is -0.119. The molecule has 1 aromatic carbocycles. The number of aromatic nitrogens is 1. The monoisotopic (exact) mass is 248 g/mol. The number of nitrogen functional groups attached to an aromatic ring is 1. The summed E-state index contributed by atoms with van der Waals surface area (Å²) in [5.74, 6) is -0.497. The van der Waals surface area contributed by atoms with Gasteiger partial charge in [-0.25, -0.2) is 4.79 Å². The molecular formula is C11H12N4O3. The van der Waals surface area contributed by atoms with Gasteiger partial charge in [0.2, 0.25) is 5.91 Å². The molecule has 1 atom stereocenters. The Labute approximate surface area is 101 Å². The van der Waals surface area contributed by atoms with Gasteiger partial charge in [-0.2, -0.15) is 0 Å². The van der Waals surface area contributed by atoms with Gasteiger partial charge in [0.15, 0.2) is 5.58 Å². The zero-order valence-electron chi connectivity index (χ0n) is 9.45. The first-order chi connectivity index (χ1) is 8.61. The molecule has 5 N–H and O–H groups in total. The smallest absolute Gasteiger partial charge is 0.408 e. The van der Waals surface area contributed by atoms with Crippen LogP contribution in [0.1, 0.15) is 6.42 Å². The minimum Gasteiger partial charge on any atom is -0.408 e. The van der Waals surface area contributed by atoms with Gasteiger partial charge in [0.25, 0.3) is 0 Å². The van der Waals surface area contributed by atoms with Gasteiger partial charge in [0.1, 0.15) is 0 Å². The van der Waals surface area contributed by atoms with Gasteiger partial charge in [-0.15, -0.1) is 0 Å². The highest BCUT2D eigenvalue weighted by molar-refractivity contribution is 5.86. The van der Waals surface area contributed by atoms with Crippen LogP contribution >= 0.6 is 0 Å². The fraction of sp³-hybridized carbons (Fsp3) is 0.273. The fourth-order valence-corrected chi connectivity index (χ4v) is 2.07. The van der Waals surface area contributed by atoms with Crippen LogP contribution in [0.25, 0.3) is 11.1 Å². The maximum atomic E-state index is 11.1. The molecule has 1 fully saturated rings. The van der Waals surface area contributed by atoms with Crippen molar-refractivity contribution in [2.75, 3.05) is 17.6 Å². The number of fused-ring (bicyclic) bond motifs is 1. The minimum atomic E-state index is -0.515. The second kappa shape index (κ2) is 3.80. The van der Waals surface area contributed by atoms with E-state index in [2.05, 4.69) is 15.6 Å². The Morgan fingerprint density at radius 2 is 2.22 bits per heavy atom. The van der Waals surface area contributed by atoms with E-state index in [1.54, 1.807) is 12.1 Å². The van der Waals surface area contributed by atoms with Crippen LogP contribution in [0.2, 0.25) is 0 Å². The number of anilines is 2. The van der Waals surface area contributed by atoms with E-state index in [4.69, 9.17) is 10.2 Å². The molecule has 0 spiro atoms. The summed E-state index contributed by atoms with van der Waals surface area (Å²) >= 11 is 0. The van der Waals surface area contributed by atoms with Crippen molar-refractivity contribution in [2.45, 2.75) is 12.5 Å². The summed E-state index contributed by atoms with van der Waals surface area (Å²) in [4.78, 5) is 24.7. The summed E-state index contributed by atoms with van der Waals surface area (Å²) in [6.45, 7) is 0.568. The predicted octanol–water partition coefficient (Wildman–Crippen LogP) is 0.00370. The lowest BCUT2D eigenvalue weighted by atomic mass is 10.2. The topological polar surface area (TPSA) is 113 Å². The molecule has 3 rings (SSSR count). The number of benzene rings is 1. The molecule has 1 aliphatic heterocycles. The normalized spacial score (nSPS) is 19.1. The van der Waals surface area contributed by atoms with Crippen LogP contribution in [-0.2, 0) is 4.79 Å². The molecular weight excluding hydrogens is 236 g/mol. The second-order valence-corrected chi connectivity index (χ2v) is 4.30. The number of hydrogen-bond acceptors (Lipinski definition) is 5. The molecule has 0 saturated carbocycles. The van der Waals surface area contributed by atoms with Crippen molar-refractivity contribution >= 4 is 28.4 Å². The standard InChI is InChI=1S/C11H12N4O3/c12-6-2-9-8(15-11(17)18-9)3-7(6)14-5-1-10(16)13-4-5/h2-3,5,14H,1,4,12H2,(H,13,16)(H,15,17). The zero-order valence-corrected chi connectivity index (χ0v) is 9.45. The van der Waals surface area contributed by atoms with Gasteiger partial charge in [-0.1, -0.05) is 0 Å². The highest BCUT2D eigenvalue weighted by atomic mass is 16.4. The van der Waals surface area contributed by atoms with E-state index < -0.39 is 5.76 Å². The Kier molecular flexibility index (Phi) is 2.26. The van der Waals surface area contributed by atoms with E-state index in [1.807, 2.05) is 0 Å². The fourth-order valence-electron chi connectivity index (χ4n) is 2.07. The van der Waals surface area contributed by atoms with Crippen molar-refractivity contribution in [1.82, 2.24) is 10.3 Å². The molecule has 2 heterocycles. The maximum Gasteiger partial charge on any atom is 0.417 e. The summed E-state index contributed by atoms with van der Waals surface area (Å²) in [7, 11) is 0. The molecule has 18 heavy (non-hydrogen) atoms. The van der Waals surface area contributed by atoms with E-state index >= 15 is 0 Å². The highest BCUT2D eigenvalue weighted by Gasteiger charge is 2.21. The molecule has 0 bridgehead atoms. The molecule has 7 heteroatoms. The van der Waals surface area contributed by atoms with Crippen LogP contribution in [0.15, 0.2) is 21.3 Å². The van der Waals surface area contributed by atoms with Gasteiger partial charge in [-0.3, -0.25) is 9.78 Å². The van der Waals surface area contributed by atoms with Gasteiger partial charge in [-0.05, 0) is 6.07 Å². The first-order valence-electron chi connectivity index (χ1n) is 5.57. The van der Waals surface area contributed by atoms with Gasteiger partial charge >= 0.3 is 5.76 Å². The van der Waals surface area contributed by atoms with Crippen molar-refractivity contribution < 1.29 is 9.21 Å². The number of nitrogens with two attached hydrogens (primary N) is 1. The molecule has 0 radical (unpaired) electrons. The number of oxazole rings is 1. The number of nitrogens with one attached hydrogen (secondary N) is 3. The van der Waals surface area contributed by atoms with Crippen molar-refractivity contribution in [1.29, 1.82) is 0 Å². The third-order valence-corrected chi connectivity index (χ3v) is 2.93. The number of aromatic amines is 1. The van der Waals surface area contributed by atoms with Crippen molar-refractivity contribution in [3.63, 3.8) is 0 Å². The quantitative estimate of drug-likeness (QED) is 0.559. The van der Waals surface area contributed by atoms with Crippen LogP contribution < -0.4 is 22.1 Å². The maximum absolute atomic E-state index is 11.1. The Morgan fingerprint density at radius 1 is 1.39 bits per heavy atom. The van der Waals surface area contributed by atoms with Crippen LogP contribution in [0, 0.1) is 0 Å². The SMILES string of the molecule is Nc1cc2oc(=O)[nH]c2cc1NC1CNC(=O)C1. The predicted molar refractivity (Wildman–Crippen MR) is 66.3 cm³/mol. The third kappa shape index (κ3) is 1.79. The molecule has 1 unspecified atom stereocenters. The first kappa shape index (κ1) is 10.7. The summed E-state index contributed by atoms with van der Waals surface area (Å²) in [5.41, 5.74) is 8.02. The van der Waals surface area contributed by atoms with E-state index in [9.17, 15) is 9.59 Å². The number of carbonyl (C=O) groups excluding carboxylic acids is 1. The molecule has 7 nitrogen and oxygen atoms in total. The molecule has 2 aromatic rings. The lowest BCUT2D eigenvalue weighted by Gasteiger charge is -2.13. The number of rotatable bonds is 2. The van der Waals surface area contributed by atoms with Crippen molar-refractivity contribution in [2.24, 2.45) is 0 Å². The highest BCUT2D eigenvalue weighted by Crippen LogP contribution is 2.25. The molecule has 1 amide bonds. The average molecular weight is 248 g/mol. The average Bonchev–Trinajstić information content (AvgIpc) is 2.85. The van der Waals surface area contributed by atoms with E-state index in [0.717, 1.165) is 0 Å². The summed E-state index contributed by atoms with van der Waals surface area (Å²) in [6, 6.07) is 3.30. The Hall–Kier alpha value is -2.44. The second-order valence-electron chi connectivity index (χ2n) is 4.30. The Bertz CT molecular complexity index is 672. The van der Waals surface area contributed by atoms with E-state index in [0.29, 0.717) is 35.4 Å². The first-order valence-corrected chi connectivity index (χ1v) is 5.57. The lowest BCUT2D eigenvalue weighted by Crippen LogP contribution is -2.22. The number of amides is 1. The van der Waals surface area contributed by atoms with Crippen LogP contribution in [0.4, 0.5) is 11.4 Å². The van der Waals surface area contributed by atoms with Crippen molar-refractivity contribution in [3.8, 4) is 0 Å². The van der Waals surface area contributed by atoms with Gasteiger partial charge in [0.05, 0.1) is 22.9 Å². The summed E-state index contributed by atoms with van der Waals surface area (Å²) in [6.07, 6.45) is 0.416. The number of hydrogen-bond donors (Lipinski definition) is 4. The molecule has 1 aromatic heterocycles. The van der Waals surface area contributed by atoms with E-state index in [1.165, 1.54) is 0 Å². The molecule has 1 aliphatic rings. The van der Waals surface area contributed by atoms with Gasteiger partial charge in [0, 0.05) is 19.0 Å². The summed E-state index contributed by atoms with van der Waals surface area (Å²) < 4.78 is 4.91. The Morgan fingerprint density at radius 3 is 2.94 bits per heavy atom. The van der Waals surface area contributed by atoms with Crippen molar-refractivity contribution in [3.05, 3.63) is 22.7 Å². The Balaban J connectivity index is 1.93. The summed E-state index contributed by atoms with van der Waals surface area (Å²) in [5, 5.41) is 5.90. The largest absolute Gasteiger partial charge is 0.417 e.